The predicted molar refractivity (Wildman–Crippen MR) is 121 cm³/mol. The van der Waals surface area contributed by atoms with Crippen molar-refractivity contribution < 1.29 is 28.9 Å². The molecule has 1 aromatic carbocycles. The number of carbonyl (C=O) groups excluding carboxylic acids is 1. The van der Waals surface area contributed by atoms with Gasteiger partial charge in [-0.15, -0.1) is 0 Å². The maximum Gasteiger partial charge on any atom is 0.409 e. The summed E-state index contributed by atoms with van der Waals surface area (Å²) in [5.41, 5.74) is 0.864. The number of carbonyl (C=O) groups is 2. The van der Waals surface area contributed by atoms with Gasteiger partial charge in [0, 0.05) is 19.6 Å². The lowest BCUT2D eigenvalue weighted by atomic mass is 10.1. The molecule has 0 saturated heterocycles. The van der Waals surface area contributed by atoms with Crippen LogP contribution in [0.25, 0.3) is 0 Å². The molecule has 0 aliphatic heterocycles. The van der Waals surface area contributed by atoms with Crippen LogP contribution in [0, 0.1) is 5.92 Å². The van der Waals surface area contributed by atoms with Gasteiger partial charge in [0.15, 0.2) is 6.10 Å². The fourth-order valence-corrected chi connectivity index (χ4v) is 2.98. The second kappa shape index (κ2) is 15.5. The monoisotopic (exact) mass is 437 g/mol. The van der Waals surface area contributed by atoms with E-state index in [9.17, 15) is 14.7 Å². The van der Waals surface area contributed by atoms with Crippen molar-refractivity contribution >= 4 is 12.1 Å². The van der Waals surface area contributed by atoms with Gasteiger partial charge in [0.25, 0.3) is 0 Å². The molecule has 7 heteroatoms. The molecular weight excluding hydrogens is 398 g/mol. The number of unbranched alkanes of at least 4 members (excludes halogenated alkanes) is 3. The van der Waals surface area contributed by atoms with Crippen molar-refractivity contribution in [1.82, 2.24) is 4.90 Å². The lowest BCUT2D eigenvalue weighted by Crippen LogP contribution is -2.36. The van der Waals surface area contributed by atoms with Crippen LogP contribution in [0.1, 0.15) is 58.9 Å². The fraction of sp³-hybridized carbons (Fsp3) is 0.667. The number of rotatable bonds is 16. The normalized spacial score (nSPS) is 11.9. The molecule has 31 heavy (non-hydrogen) atoms. The minimum Gasteiger partial charge on any atom is -0.492 e. The highest BCUT2D eigenvalue weighted by Crippen LogP contribution is 2.15. The first kappa shape index (κ1) is 26.8. The van der Waals surface area contributed by atoms with E-state index in [4.69, 9.17) is 14.2 Å². The fourth-order valence-electron chi connectivity index (χ4n) is 2.98. The Hall–Kier alpha value is -2.28. The smallest absolute Gasteiger partial charge is 0.409 e. The zero-order valence-corrected chi connectivity index (χ0v) is 19.5. The summed E-state index contributed by atoms with van der Waals surface area (Å²) in [4.78, 5) is 25.3. The molecule has 0 aliphatic carbocycles. The summed E-state index contributed by atoms with van der Waals surface area (Å²) in [5, 5.41) is 9.20. The van der Waals surface area contributed by atoms with Gasteiger partial charge in [0.2, 0.25) is 0 Å². The average Bonchev–Trinajstić information content (AvgIpc) is 2.74. The highest BCUT2D eigenvalue weighted by molar-refractivity contribution is 5.72. The average molecular weight is 438 g/mol. The number of nitrogens with zero attached hydrogens (tertiary/aromatic N) is 1. The van der Waals surface area contributed by atoms with Crippen LogP contribution in [0.2, 0.25) is 0 Å². The zero-order valence-electron chi connectivity index (χ0n) is 19.5. The van der Waals surface area contributed by atoms with E-state index in [-0.39, 0.29) is 6.09 Å². The van der Waals surface area contributed by atoms with Gasteiger partial charge >= 0.3 is 12.1 Å². The zero-order chi connectivity index (χ0) is 23.1. The van der Waals surface area contributed by atoms with Gasteiger partial charge in [-0.05, 0) is 37.0 Å². The molecule has 1 N–H and O–H groups in total. The third kappa shape index (κ3) is 11.6. The van der Waals surface area contributed by atoms with E-state index in [1.54, 1.807) is 11.8 Å². The number of ether oxygens (including phenoxy) is 3. The van der Waals surface area contributed by atoms with E-state index in [0.29, 0.717) is 51.0 Å². The number of hydrogen-bond donors (Lipinski definition) is 1. The van der Waals surface area contributed by atoms with Crippen LogP contribution < -0.4 is 4.74 Å². The number of aliphatic carboxylic acids is 1. The first-order valence-corrected chi connectivity index (χ1v) is 11.3. The minimum atomic E-state index is -0.967. The molecular formula is C24H39NO6. The number of amides is 1. The van der Waals surface area contributed by atoms with E-state index in [0.717, 1.165) is 31.2 Å². The van der Waals surface area contributed by atoms with Crippen molar-refractivity contribution in [1.29, 1.82) is 0 Å². The van der Waals surface area contributed by atoms with Crippen molar-refractivity contribution in [3.05, 3.63) is 29.8 Å². The Bertz CT molecular complexity index is 631. The van der Waals surface area contributed by atoms with E-state index >= 15 is 0 Å². The molecule has 176 valence electrons. The van der Waals surface area contributed by atoms with Gasteiger partial charge in [-0.1, -0.05) is 52.2 Å². The van der Waals surface area contributed by atoms with Gasteiger partial charge in [0.1, 0.15) is 12.4 Å². The van der Waals surface area contributed by atoms with Gasteiger partial charge in [0.05, 0.1) is 13.2 Å². The van der Waals surface area contributed by atoms with Crippen molar-refractivity contribution in [3.8, 4) is 5.75 Å². The molecule has 0 heterocycles. The Balaban J connectivity index is 2.54. The molecule has 7 nitrogen and oxygen atoms in total. The molecule has 0 bridgehead atoms. The lowest BCUT2D eigenvalue weighted by molar-refractivity contribution is -0.149. The van der Waals surface area contributed by atoms with Crippen LogP contribution in [-0.4, -0.2) is 61.1 Å². The summed E-state index contributed by atoms with van der Waals surface area (Å²) in [5.74, 6) is 0.00294. The summed E-state index contributed by atoms with van der Waals surface area (Å²) in [6, 6.07) is 7.29. The molecule has 0 aliphatic rings. The molecule has 0 fully saturated rings. The third-order valence-electron chi connectivity index (χ3n) is 4.70. The molecule has 0 radical (unpaired) electrons. The Kier molecular flexibility index (Phi) is 13.4. The summed E-state index contributed by atoms with van der Waals surface area (Å²) >= 11 is 0. The van der Waals surface area contributed by atoms with Gasteiger partial charge in [-0.2, -0.15) is 0 Å². The van der Waals surface area contributed by atoms with Crippen LogP contribution in [0.3, 0.4) is 0 Å². The number of hydrogen-bond acceptors (Lipinski definition) is 5. The molecule has 1 unspecified atom stereocenters. The summed E-state index contributed by atoms with van der Waals surface area (Å²) < 4.78 is 16.4. The highest BCUT2D eigenvalue weighted by Gasteiger charge is 2.18. The number of carboxylic acids is 1. The second-order valence-electron chi connectivity index (χ2n) is 8.00. The maximum atomic E-state index is 12.4. The molecule has 0 spiro atoms. The van der Waals surface area contributed by atoms with Crippen LogP contribution in [0.5, 0.6) is 5.75 Å². The van der Waals surface area contributed by atoms with Crippen LogP contribution >= 0.6 is 0 Å². The van der Waals surface area contributed by atoms with E-state index in [1.165, 1.54) is 0 Å². The molecule has 1 amide bonds. The van der Waals surface area contributed by atoms with Crippen molar-refractivity contribution in [2.45, 2.75) is 65.9 Å². The van der Waals surface area contributed by atoms with Gasteiger partial charge in [-0.25, -0.2) is 9.59 Å². The summed E-state index contributed by atoms with van der Waals surface area (Å²) in [6.45, 7) is 10.2. The van der Waals surface area contributed by atoms with E-state index < -0.39 is 12.1 Å². The minimum absolute atomic E-state index is 0.292. The second-order valence-corrected chi connectivity index (χ2v) is 8.00. The summed E-state index contributed by atoms with van der Waals surface area (Å²) in [7, 11) is 0. The van der Waals surface area contributed by atoms with Crippen molar-refractivity contribution in [2.75, 3.05) is 32.9 Å². The highest BCUT2D eigenvalue weighted by atomic mass is 16.6. The topological polar surface area (TPSA) is 85.3 Å². The number of benzene rings is 1. The molecule has 0 aromatic heterocycles. The van der Waals surface area contributed by atoms with Gasteiger partial charge in [-0.3, -0.25) is 0 Å². The van der Waals surface area contributed by atoms with Crippen molar-refractivity contribution in [3.63, 3.8) is 0 Å². The molecule has 1 aromatic rings. The lowest BCUT2D eigenvalue weighted by Gasteiger charge is -2.23. The van der Waals surface area contributed by atoms with E-state index in [1.807, 2.05) is 38.1 Å². The van der Waals surface area contributed by atoms with Gasteiger partial charge < -0.3 is 24.2 Å². The Morgan fingerprint density at radius 3 is 2.32 bits per heavy atom. The standard InChI is InChI=1S/C24H39NO6/c1-5-7-8-9-14-25(24(28)31-18-19(3)4)15-16-30-21-12-10-20(11-13-21)17-22(23(26)27)29-6-2/h10-13,19,22H,5-9,14-18H2,1-4H3,(H,26,27). The third-order valence-corrected chi connectivity index (χ3v) is 4.70. The van der Waals surface area contributed by atoms with Crippen LogP contribution in [0.4, 0.5) is 4.79 Å². The SMILES string of the molecule is CCCCCCN(CCOc1ccc(CC(OCC)C(=O)O)cc1)C(=O)OCC(C)C. The Labute approximate surface area is 186 Å². The number of carboxylic acid groups (broad SMARTS) is 1. The molecule has 1 rings (SSSR count). The Morgan fingerprint density at radius 1 is 1.03 bits per heavy atom. The molecule has 0 saturated carbocycles. The maximum absolute atomic E-state index is 12.4. The largest absolute Gasteiger partial charge is 0.492 e. The molecule has 1 atom stereocenters. The summed E-state index contributed by atoms with van der Waals surface area (Å²) in [6.07, 6.45) is 3.50. The van der Waals surface area contributed by atoms with Crippen LogP contribution in [-0.2, 0) is 20.7 Å². The predicted octanol–water partition coefficient (Wildman–Crippen LogP) is 4.77. The quantitative estimate of drug-likeness (QED) is 0.375. The van der Waals surface area contributed by atoms with E-state index in [2.05, 4.69) is 6.92 Å². The first-order chi connectivity index (χ1) is 14.9. The first-order valence-electron chi connectivity index (χ1n) is 11.3. The Morgan fingerprint density at radius 2 is 1.74 bits per heavy atom. The van der Waals surface area contributed by atoms with Crippen molar-refractivity contribution in [2.24, 2.45) is 5.92 Å². The van der Waals surface area contributed by atoms with Crippen LogP contribution in [0.15, 0.2) is 24.3 Å².